The molecule has 1 saturated carbocycles. The minimum absolute atomic E-state index is 0.0446. The van der Waals surface area contributed by atoms with Gasteiger partial charge in [-0.05, 0) is 37.9 Å². The fourth-order valence-corrected chi connectivity index (χ4v) is 3.05. The van der Waals surface area contributed by atoms with Gasteiger partial charge in [0.1, 0.15) is 0 Å². The summed E-state index contributed by atoms with van der Waals surface area (Å²) in [6.45, 7) is 0. The summed E-state index contributed by atoms with van der Waals surface area (Å²) >= 11 is 0. The van der Waals surface area contributed by atoms with Crippen LogP contribution in [-0.2, 0) is 11.2 Å². The van der Waals surface area contributed by atoms with Crippen LogP contribution in [0.3, 0.4) is 0 Å². The van der Waals surface area contributed by atoms with Crippen molar-refractivity contribution in [3.63, 3.8) is 0 Å². The Morgan fingerprint density at radius 1 is 1.50 bits per heavy atom. The molecule has 18 heavy (non-hydrogen) atoms. The van der Waals surface area contributed by atoms with Crippen molar-refractivity contribution < 1.29 is 4.74 Å². The van der Waals surface area contributed by atoms with Crippen molar-refractivity contribution >= 4 is 5.69 Å². The number of nitrogens with zero attached hydrogens (tertiary/aromatic N) is 1. The Bertz CT molecular complexity index is 388. The summed E-state index contributed by atoms with van der Waals surface area (Å²) < 4.78 is 5.84. The van der Waals surface area contributed by atoms with Crippen LogP contribution in [0.2, 0.25) is 0 Å². The van der Waals surface area contributed by atoms with Gasteiger partial charge in [-0.15, -0.1) is 0 Å². The summed E-state index contributed by atoms with van der Waals surface area (Å²) in [5.41, 5.74) is 7.87. The average molecular weight is 249 g/mol. The Hall–Kier alpha value is -1.13. The number of pyridine rings is 1. The standard InChI is InChI=1S/C14H23N3O/c1-16-13(14(18-2)6-3-4-7-14)9-11-10-17-8-5-12(11)15/h5,8,10,13,16H,3-4,6-7,9H2,1-2H3,(H2,15,17). The van der Waals surface area contributed by atoms with Gasteiger partial charge in [-0.2, -0.15) is 0 Å². The fraction of sp³-hybridized carbons (Fsp3) is 0.643. The van der Waals surface area contributed by atoms with Gasteiger partial charge in [0.25, 0.3) is 0 Å². The van der Waals surface area contributed by atoms with E-state index in [0.29, 0.717) is 0 Å². The van der Waals surface area contributed by atoms with E-state index in [2.05, 4.69) is 10.3 Å². The first-order valence-corrected chi connectivity index (χ1v) is 6.62. The number of rotatable bonds is 5. The zero-order valence-corrected chi connectivity index (χ0v) is 11.3. The highest BCUT2D eigenvalue weighted by Gasteiger charge is 2.40. The van der Waals surface area contributed by atoms with Gasteiger partial charge in [0, 0.05) is 31.2 Å². The van der Waals surface area contributed by atoms with Crippen molar-refractivity contribution in [1.82, 2.24) is 10.3 Å². The highest BCUT2D eigenvalue weighted by Crippen LogP contribution is 2.37. The summed E-state index contributed by atoms with van der Waals surface area (Å²) in [5, 5.41) is 3.40. The van der Waals surface area contributed by atoms with Gasteiger partial charge in [-0.3, -0.25) is 4.98 Å². The lowest BCUT2D eigenvalue weighted by Gasteiger charge is -2.36. The number of anilines is 1. The second kappa shape index (κ2) is 5.67. The zero-order valence-electron chi connectivity index (χ0n) is 11.3. The van der Waals surface area contributed by atoms with Gasteiger partial charge in [-0.25, -0.2) is 0 Å². The smallest absolute Gasteiger partial charge is 0.0834 e. The summed E-state index contributed by atoms with van der Waals surface area (Å²) in [6.07, 6.45) is 9.18. The molecular formula is C14H23N3O. The topological polar surface area (TPSA) is 60.2 Å². The Kier molecular flexibility index (Phi) is 4.19. The molecule has 0 amide bonds. The quantitative estimate of drug-likeness (QED) is 0.834. The van der Waals surface area contributed by atoms with Crippen molar-refractivity contribution in [1.29, 1.82) is 0 Å². The van der Waals surface area contributed by atoms with Crippen LogP contribution in [0.15, 0.2) is 18.5 Å². The Labute approximate surface area is 109 Å². The summed E-state index contributed by atoms with van der Waals surface area (Å²) in [6, 6.07) is 2.15. The molecule has 0 aliphatic heterocycles. The average Bonchev–Trinajstić information content (AvgIpc) is 2.88. The van der Waals surface area contributed by atoms with Crippen LogP contribution in [0.1, 0.15) is 31.2 Å². The molecule has 1 aliphatic rings. The molecule has 1 aromatic heterocycles. The third kappa shape index (κ3) is 2.49. The Morgan fingerprint density at radius 2 is 2.22 bits per heavy atom. The van der Waals surface area contributed by atoms with E-state index in [-0.39, 0.29) is 11.6 Å². The molecule has 3 N–H and O–H groups in total. The number of methoxy groups -OCH3 is 1. The predicted octanol–water partition coefficient (Wildman–Crippen LogP) is 1.75. The van der Waals surface area contributed by atoms with E-state index in [9.17, 15) is 0 Å². The lowest BCUT2D eigenvalue weighted by atomic mass is 9.87. The SMILES string of the molecule is CNC(Cc1cnccc1N)C1(OC)CCCC1. The lowest BCUT2D eigenvalue weighted by molar-refractivity contribution is -0.0336. The van der Waals surface area contributed by atoms with E-state index >= 15 is 0 Å². The van der Waals surface area contributed by atoms with Crippen molar-refractivity contribution in [2.75, 3.05) is 19.9 Å². The van der Waals surface area contributed by atoms with Gasteiger partial charge >= 0.3 is 0 Å². The summed E-state index contributed by atoms with van der Waals surface area (Å²) in [5.74, 6) is 0. The molecular weight excluding hydrogens is 226 g/mol. The van der Waals surface area contributed by atoms with Gasteiger partial charge in [-0.1, -0.05) is 12.8 Å². The summed E-state index contributed by atoms with van der Waals surface area (Å²) in [7, 11) is 3.82. The van der Waals surface area contributed by atoms with Crippen molar-refractivity contribution in [3.05, 3.63) is 24.0 Å². The molecule has 1 heterocycles. The van der Waals surface area contributed by atoms with Crippen LogP contribution >= 0.6 is 0 Å². The number of nitrogens with two attached hydrogens (primary N) is 1. The molecule has 0 radical (unpaired) electrons. The van der Waals surface area contributed by atoms with E-state index in [1.807, 2.05) is 26.4 Å². The monoisotopic (exact) mass is 249 g/mol. The maximum atomic E-state index is 6.00. The molecule has 1 fully saturated rings. The number of aromatic nitrogens is 1. The second-order valence-electron chi connectivity index (χ2n) is 5.10. The van der Waals surface area contributed by atoms with E-state index in [4.69, 9.17) is 10.5 Å². The maximum absolute atomic E-state index is 6.00. The van der Waals surface area contributed by atoms with Crippen LogP contribution < -0.4 is 11.1 Å². The highest BCUT2D eigenvalue weighted by atomic mass is 16.5. The molecule has 4 heteroatoms. The van der Waals surface area contributed by atoms with Crippen LogP contribution in [0.5, 0.6) is 0 Å². The molecule has 0 spiro atoms. The van der Waals surface area contributed by atoms with Crippen LogP contribution in [0.4, 0.5) is 5.69 Å². The first-order chi connectivity index (χ1) is 8.72. The van der Waals surface area contributed by atoms with Crippen LogP contribution in [-0.4, -0.2) is 30.8 Å². The molecule has 4 nitrogen and oxygen atoms in total. The molecule has 0 bridgehead atoms. The zero-order chi connectivity index (χ0) is 13.0. The molecule has 1 aromatic rings. The van der Waals surface area contributed by atoms with Gasteiger partial charge in [0.15, 0.2) is 0 Å². The maximum Gasteiger partial charge on any atom is 0.0834 e. The Morgan fingerprint density at radius 3 is 2.78 bits per heavy atom. The molecule has 2 rings (SSSR count). The van der Waals surface area contributed by atoms with Crippen LogP contribution in [0.25, 0.3) is 0 Å². The van der Waals surface area contributed by atoms with Gasteiger partial charge in [0.2, 0.25) is 0 Å². The third-order valence-electron chi connectivity index (χ3n) is 4.21. The number of ether oxygens (including phenoxy) is 1. The molecule has 0 aromatic carbocycles. The second-order valence-corrected chi connectivity index (χ2v) is 5.10. The molecule has 1 aliphatic carbocycles. The largest absolute Gasteiger partial charge is 0.398 e. The fourth-order valence-electron chi connectivity index (χ4n) is 3.05. The predicted molar refractivity (Wildman–Crippen MR) is 73.4 cm³/mol. The number of nitrogens with one attached hydrogen (secondary N) is 1. The van der Waals surface area contributed by atoms with Crippen molar-refractivity contribution in [3.8, 4) is 0 Å². The van der Waals surface area contributed by atoms with E-state index in [0.717, 1.165) is 30.5 Å². The number of hydrogen-bond donors (Lipinski definition) is 2. The first-order valence-electron chi connectivity index (χ1n) is 6.62. The first kappa shape index (κ1) is 13.3. The summed E-state index contributed by atoms with van der Waals surface area (Å²) in [4.78, 5) is 4.16. The number of hydrogen-bond acceptors (Lipinski definition) is 4. The van der Waals surface area contributed by atoms with E-state index in [1.165, 1.54) is 12.8 Å². The van der Waals surface area contributed by atoms with E-state index in [1.54, 1.807) is 6.20 Å². The van der Waals surface area contributed by atoms with Gasteiger partial charge in [0.05, 0.1) is 5.60 Å². The molecule has 100 valence electrons. The minimum Gasteiger partial charge on any atom is -0.398 e. The van der Waals surface area contributed by atoms with E-state index < -0.39 is 0 Å². The minimum atomic E-state index is -0.0446. The lowest BCUT2D eigenvalue weighted by Crippen LogP contribution is -2.50. The van der Waals surface area contributed by atoms with Crippen LogP contribution in [0, 0.1) is 0 Å². The van der Waals surface area contributed by atoms with Crippen molar-refractivity contribution in [2.45, 2.75) is 43.7 Å². The number of nitrogen functional groups attached to an aromatic ring is 1. The normalized spacial score (nSPS) is 19.9. The van der Waals surface area contributed by atoms with Crippen molar-refractivity contribution in [2.24, 2.45) is 0 Å². The highest BCUT2D eigenvalue weighted by molar-refractivity contribution is 5.44. The van der Waals surface area contributed by atoms with Gasteiger partial charge < -0.3 is 15.8 Å². The molecule has 1 unspecified atom stereocenters. The Balaban J connectivity index is 2.16. The molecule has 0 saturated heterocycles. The number of likely N-dealkylation sites (N-methyl/N-ethyl adjacent to an activating group) is 1. The molecule has 1 atom stereocenters. The third-order valence-corrected chi connectivity index (χ3v) is 4.21.